The number of nitrogens with one attached hydrogen (secondary N) is 1. The maximum Gasteiger partial charge on any atom is 0.251 e. The van der Waals surface area contributed by atoms with Gasteiger partial charge in [-0.1, -0.05) is 24.3 Å². The molecule has 0 radical (unpaired) electrons. The van der Waals surface area contributed by atoms with E-state index in [1.54, 1.807) is 0 Å². The molecule has 2 aromatic carbocycles. The quantitative estimate of drug-likeness (QED) is 0.914. The Balaban J connectivity index is 1.71. The van der Waals surface area contributed by atoms with Crippen LogP contribution in [0.25, 0.3) is 0 Å². The Hall–Kier alpha value is -2.69. The first kappa shape index (κ1) is 18.1. The van der Waals surface area contributed by atoms with Gasteiger partial charge < -0.3 is 10.2 Å². The molecule has 0 aliphatic carbocycles. The Labute approximate surface area is 153 Å². The van der Waals surface area contributed by atoms with Gasteiger partial charge in [0.2, 0.25) is 5.91 Å². The van der Waals surface area contributed by atoms with Crippen molar-refractivity contribution in [3.8, 4) is 0 Å². The topological polar surface area (TPSA) is 49.4 Å². The number of likely N-dealkylation sites (tertiary alicyclic amines) is 1. The second-order valence-electron chi connectivity index (χ2n) is 6.72. The zero-order valence-electron chi connectivity index (χ0n) is 14.9. The van der Waals surface area contributed by atoms with Crippen LogP contribution in [0.5, 0.6) is 0 Å². The number of amides is 2. The minimum Gasteiger partial charge on any atom is -0.340 e. The molecule has 2 aromatic rings. The smallest absolute Gasteiger partial charge is 0.251 e. The van der Waals surface area contributed by atoms with E-state index in [1.165, 1.54) is 24.3 Å². The van der Waals surface area contributed by atoms with Crippen molar-refractivity contribution in [2.45, 2.75) is 38.8 Å². The summed E-state index contributed by atoms with van der Waals surface area (Å²) in [6.07, 6.45) is 2.42. The second kappa shape index (κ2) is 8.13. The molecule has 26 heavy (non-hydrogen) atoms. The molecule has 1 fully saturated rings. The van der Waals surface area contributed by atoms with Crippen LogP contribution in [0.2, 0.25) is 0 Å². The van der Waals surface area contributed by atoms with Crippen molar-refractivity contribution >= 4 is 11.8 Å². The van der Waals surface area contributed by atoms with E-state index in [1.807, 2.05) is 36.1 Å². The summed E-state index contributed by atoms with van der Waals surface area (Å²) in [4.78, 5) is 27.2. The highest BCUT2D eigenvalue weighted by atomic mass is 19.1. The number of rotatable bonds is 4. The van der Waals surface area contributed by atoms with E-state index in [0.717, 1.165) is 24.0 Å². The zero-order valence-corrected chi connectivity index (χ0v) is 14.9. The monoisotopic (exact) mass is 354 g/mol. The van der Waals surface area contributed by atoms with E-state index in [9.17, 15) is 14.0 Å². The summed E-state index contributed by atoms with van der Waals surface area (Å²) in [6.45, 7) is 3.27. The van der Waals surface area contributed by atoms with Crippen LogP contribution in [0, 0.1) is 12.7 Å². The van der Waals surface area contributed by atoms with Gasteiger partial charge >= 0.3 is 0 Å². The predicted molar refractivity (Wildman–Crippen MR) is 98.1 cm³/mol. The van der Waals surface area contributed by atoms with Crippen LogP contribution in [0.4, 0.5) is 4.39 Å². The second-order valence-corrected chi connectivity index (χ2v) is 6.72. The molecule has 4 nitrogen and oxygen atoms in total. The summed E-state index contributed by atoms with van der Waals surface area (Å²) in [5.41, 5.74) is 2.62. The lowest BCUT2D eigenvalue weighted by atomic mass is 10.1. The van der Waals surface area contributed by atoms with Crippen molar-refractivity contribution in [2.24, 2.45) is 0 Å². The van der Waals surface area contributed by atoms with Crippen molar-refractivity contribution in [1.82, 2.24) is 10.2 Å². The van der Waals surface area contributed by atoms with Crippen LogP contribution in [0.1, 0.15) is 40.7 Å². The van der Waals surface area contributed by atoms with Crippen LogP contribution in [-0.2, 0) is 11.3 Å². The highest BCUT2D eigenvalue weighted by molar-refractivity contribution is 5.97. The van der Waals surface area contributed by atoms with Gasteiger partial charge in [0.25, 0.3) is 5.91 Å². The number of benzene rings is 2. The van der Waals surface area contributed by atoms with Gasteiger partial charge in [0.05, 0.1) is 0 Å². The Morgan fingerprint density at radius 3 is 2.62 bits per heavy atom. The molecule has 1 unspecified atom stereocenters. The van der Waals surface area contributed by atoms with Crippen LogP contribution < -0.4 is 5.32 Å². The van der Waals surface area contributed by atoms with Gasteiger partial charge in [-0.25, -0.2) is 4.39 Å². The minimum absolute atomic E-state index is 0.0544. The highest BCUT2D eigenvalue weighted by Gasteiger charge is 2.28. The fourth-order valence-corrected chi connectivity index (χ4v) is 3.23. The summed E-state index contributed by atoms with van der Waals surface area (Å²) in [5, 5.41) is 2.82. The molecule has 1 atom stereocenters. The summed E-state index contributed by atoms with van der Waals surface area (Å²) >= 11 is 0. The van der Waals surface area contributed by atoms with E-state index in [0.29, 0.717) is 25.1 Å². The van der Waals surface area contributed by atoms with Gasteiger partial charge in [0.15, 0.2) is 0 Å². The molecule has 2 amide bonds. The number of nitrogens with zero attached hydrogens (tertiary/aromatic N) is 1. The largest absolute Gasteiger partial charge is 0.340 e. The molecule has 0 aromatic heterocycles. The van der Waals surface area contributed by atoms with E-state index < -0.39 is 11.9 Å². The molecule has 5 heteroatoms. The van der Waals surface area contributed by atoms with Gasteiger partial charge in [-0.3, -0.25) is 9.59 Å². The Bertz CT molecular complexity index is 789. The van der Waals surface area contributed by atoms with E-state index in [2.05, 4.69) is 5.32 Å². The van der Waals surface area contributed by atoms with Gasteiger partial charge in [-0.15, -0.1) is 0 Å². The maximum absolute atomic E-state index is 13.0. The lowest BCUT2D eigenvalue weighted by Gasteiger charge is -2.25. The predicted octanol–water partition coefficient (Wildman–Crippen LogP) is 3.45. The number of halogens is 1. The van der Waals surface area contributed by atoms with Crippen molar-refractivity contribution in [3.63, 3.8) is 0 Å². The molecule has 0 saturated carbocycles. The average Bonchev–Trinajstić information content (AvgIpc) is 2.80. The summed E-state index contributed by atoms with van der Waals surface area (Å²) in [6, 6.07) is 12.8. The number of aryl methyl sites for hydroxylation is 1. The first-order valence-electron chi connectivity index (χ1n) is 8.94. The minimum atomic E-state index is -0.543. The normalized spacial score (nSPS) is 17.7. The third-order valence-electron chi connectivity index (χ3n) is 4.81. The maximum atomic E-state index is 13.0. The van der Waals surface area contributed by atoms with Crippen LogP contribution in [0.3, 0.4) is 0 Å². The fraction of sp³-hybridized carbons (Fsp3) is 0.333. The van der Waals surface area contributed by atoms with Gasteiger partial charge in [0, 0.05) is 18.7 Å². The van der Waals surface area contributed by atoms with E-state index in [-0.39, 0.29) is 11.8 Å². The number of hydrogen-bond donors (Lipinski definition) is 1. The molecular formula is C21H23FN2O2. The lowest BCUT2D eigenvalue weighted by molar-refractivity contribution is -0.133. The molecule has 1 aliphatic heterocycles. The molecule has 0 spiro atoms. The van der Waals surface area contributed by atoms with Crippen LogP contribution >= 0.6 is 0 Å². The summed E-state index contributed by atoms with van der Waals surface area (Å²) in [5.74, 6) is -0.793. The number of hydrogen-bond acceptors (Lipinski definition) is 2. The number of carbonyl (C=O) groups excluding carboxylic acids is 2. The van der Waals surface area contributed by atoms with Crippen molar-refractivity contribution < 1.29 is 14.0 Å². The molecule has 1 aliphatic rings. The van der Waals surface area contributed by atoms with Gasteiger partial charge in [-0.2, -0.15) is 0 Å². The summed E-state index contributed by atoms with van der Waals surface area (Å²) < 4.78 is 13.0. The third kappa shape index (κ3) is 4.28. The van der Waals surface area contributed by atoms with Gasteiger partial charge in [-0.05, 0) is 61.6 Å². The first-order chi connectivity index (χ1) is 12.5. The molecule has 1 heterocycles. The fourth-order valence-electron chi connectivity index (χ4n) is 3.23. The molecule has 3 rings (SSSR count). The molecule has 1 saturated heterocycles. The lowest BCUT2D eigenvalue weighted by Crippen LogP contribution is -2.47. The Morgan fingerprint density at radius 2 is 1.88 bits per heavy atom. The van der Waals surface area contributed by atoms with Crippen molar-refractivity contribution in [3.05, 3.63) is 71.0 Å². The van der Waals surface area contributed by atoms with Crippen LogP contribution in [-0.4, -0.2) is 29.3 Å². The first-order valence-corrected chi connectivity index (χ1v) is 8.94. The van der Waals surface area contributed by atoms with Crippen LogP contribution in [0.15, 0.2) is 48.5 Å². The average molecular weight is 354 g/mol. The molecule has 1 N–H and O–H groups in total. The zero-order chi connectivity index (χ0) is 18.5. The molecular weight excluding hydrogens is 331 g/mol. The molecule has 136 valence electrons. The Kier molecular flexibility index (Phi) is 5.66. The molecule has 0 bridgehead atoms. The highest BCUT2D eigenvalue weighted by Crippen LogP contribution is 2.17. The van der Waals surface area contributed by atoms with E-state index >= 15 is 0 Å². The standard InChI is InChI=1S/C21H23FN2O2/c1-15-6-2-3-7-17(15)14-24-13-5-4-8-19(21(24)26)23-20(25)16-9-11-18(22)12-10-16/h2-3,6-7,9-12,19H,4-5,8,13-14H2,1H3,(H,23,25). The van der Waals surface area contributed by atoms with E-state index in [4.69, 9.17) is 0 Å². The van der Waals surface area contributed by atoms with Gasteiger partial charge in [0.1, 0.15) is 11.9 Å². The Morgan fingerprint density at radius 1 is 1.15 bits per heavy atom. The van der Waals surface area contributed by atoms with Crippen molar-refractivity contribution in [2.75, 3.05) is 6.54 Å². The SMILES string of the molecule is Cc1ccccc1CN1CCCCC(NC(=O)c2ccc(F)cc2)C1=O. The van der Waals surface area contributed by atoms with Crippen molar-refractivity contribution in [1.29, 1.82) is 0 Å². The number of carbonyl (C=O) groups is 2. The summed E-state index contributed by atoms with van der Waals surface area (Å²) in [7, 11) is 0. The third-order valence-corrected chi connectivity index (χ3v) is 4.81.